The quantitative estimate of drug-likeness (QED) is 0.707. The van der Waals surface area contributed by atoms with E-state index in [2.05, 4.69) is 29.6 Å². The maximum atomic E-state index is 12.3. The van der Waals surface area contributed by atoms with Gasteiger partial charge in [-0.1, -0.05) is 42.5 Å². The van der Waals surface area contributed by atoms with Gasteiger partial charge in [0.25, 0.3) is 5.91 Å². The lowest BCUT2D eigenvalue weighted by Crippen LogP contribution is -2.03. The molecular weight excluding hydrogens is 286 g/mol. The first-order valence-electron chi connectivity index (χ1n) is 7.50. The van der Waals surface area contributed by atoms with E-state index in [4.69, 9.17) is 0 Å². The van der Waals surface area contributed by atoms with Crippen molar-refractivity contribution in [2.24, 2.45) is 0 Å². The molecule has 1 aliphatic rings. The van der Waals surface area contributed by atoms with Crippen LogP contribution in [0.4, 0.5) is 5.69 Å². The van der Waals surface area contributed by atoms with Gasteiger partial charge in [-0.2, -0.15) is 0 Å². The molecule has 3 aromatic carbocycles. The monoisotopic (exact) mass is 301 g/mol. The highest BCUT2D eigenvalue weighted by atomic mass is 16.3. The Morgan fingerprint density at radius 2 is 1.78 bits per heavy atom. The summed E-state index contributed by atoms with van der Waals surface area (Å²) in [6.07, 6.45) is 1.90. The number of carbonyl (C=O) groups is 1. The molecule has 0 unspecified atom stereocenters. The summed E-state index contributed by atoms with van der Waals surface area (Å²) in [6.45, 7) is -0.0370. The molecule has 112 valence electrons. The van der Waals surface area contributed by atoms with Crippen molar-refractivity contribution in [3.05, 3.63) is 77.4 Å². The van der Waals surface area contributed by atoms with Gasteiger partial charge in [0, 0.05) is 16.8 Å². The lowest BCUT2D eigenvalue weighted by molar-refractivity contribution is -0.110. The smallest absolute Gasteiger partial charge is 0.256 e. The summed E-state index contributed by atoms with van der Waals surface area (Å²) in [5.41, 5.74) is 4.04. The molecule has 0 radical (unpaired) electrons. The number of anilines is 1. The predicted molar refractivity (Wildman–Crippen MR) is 92.8 cm³/mol. The van der Waals surface area contributed by atoms with Gasteiger partial charge >= 0.3 is 0 Å². The van der Waals surface area contributed by atoms with E-state index in [1.165, 1.54) is 5.39 Å². The Hall–Kier alpha value is -2.91. The van der Waals surface area contributed by atoms with Gasteiger partial charge in [-0.25, -0.2) is 0 Å². The van der Waals surface area contributed by atoms with Crippen LogP contribution in [0.2, 0.25) is 0 Å². The number of fused-ring (bicyclic) bond motifs is 2. The summed E-state index contributed by atoms with van der Waals surface area (Å²) in [7, 11) is 0. The highest BCUT2D eigenvalue weighted by molar-refractivity contribution is 6.35. The van der Waals surface area contributed by atoms with Crippen molar-refractivity contribution in [1.29, 1.82) is 0 Å². The fraction of sp³-hybridized carbons (Fsp3) is 0.0500. The zero-order valence-electron chi connectivity index (χ0n) is 12.4. The van der Waals surface area contributed by atoms with Crippen LogP contribution in [0.1, 0.15) is 16.7 Å². The van der Waals surface area contributed by atoms with Crippen molar-refractivity contribution in [3.63, 3.8) is 0 Å². The average Bonchev–Trinajstić information content (AvgIpc) is 2.89. The highest BCUT2D eigenvalue weighted by Gasteiger charge is 2.24. The fourth-order valence-corrected chi connectivity index (χ4v) is 2.94. The molecular formula is C20H15NO2. The van der Waals surface area contributed by atoms with Crippen LogP contribution in [-0.4, -0.2) is 11.0 Å². The van der Waals surface area contributed by atoms with E-state index < -0.39 is 0 Å². The maximum absolute atomic E-state index is 12.3. The van der Waals surface area contributed by atoms with E-state index in [9.17, 15) is 9.90 Å². The summed E-state index contributed by atoms with van der Waals surface area (Å²) in [4.78, 5) is 12.3. The first kappa shape index (κ1) is 13.7. The Balaban J connectivity index is 1.83. The lowest BCUT2D eigenvalue weighted by atomic mass is 10.0. The molecule has 1 amide bonds. The zero-order chi connectivity index (χ0) is 15.8. The molecule has 0 spiro atoms. The third-order valence-electron chi connectivity index (χ3n) is 4.13. The SMILES string of the molecule is O=C1Nc2ccc(CO)cc2C1=Cc1ccc2ccccc2c1. The molecule has 3 nitrogen and oxygen atoms in total. The second kappa shape index (κ2) is 5.38. The molecule has 4 rings (SSSR count). The normalized spacial score (nSPS) is 15.0. The second-order valence-electron chi connectivity index (χ2n) is 5.66. The predicted octanol–water partition coefficient (Wildman–Crippen LogP) is 3.82. The third kappa shape index (κ3) is 2.41. The maximum Gasteiger partial charge on any atom is 0.256 e. The van der Waals surface area contributed by atoms with Crippen molar-refractivity contribution in [2.75, 3.05) is 5.32 Å². The number of carbonyl (C=O) groups excluding carboxylic acids is 1. The van der Waals surface area contributed by atoms with E-state index in [1.54, 1.807) is 0 Å². The van der Waals surface area contributed by atoms with E-state index >= 15 is 0 Å². The first-order valence-corrected chi connectivity index (χ1v) is 7.50. The van der Waals surface area contributed by atoms with Gasteiger partial charge in [0.15, 0.2) is 0 Å². The molecule has 1 aliphatic heterocycles. The topological polar surface area (TPSA) is 49.3 Å². The van der Waals surface area contributed by atoms with E-state index in [0.29, 0.717) is 5.57 Å². The van der Waals surface area contributed by atoms with E-state index in [1.807, 2.05) is 42.5 Å². The summed E-state index contributed by atoms with van der Waals surface area (Å²) in [6, 6.07) is 19.8. The molecule has 3 aromatic rings. The number of aliphatic hydroxyl groups is 1. The van der Waals surface area contributed by atoms with Gasteiger partial charge in [0.05, 0.1) is 6.61 Å². The zero-order valence-corrected chi connectivity index (χ0v) is 12.4. The molecule has 0 atom stereocenters. The number of hydrogen-bond acceptors (Lipinski definition) is 2. The number of aliphatic hydroxyl groups excluding tert-OH is 1. The minimum Gasteiger partial charge on any atom is -0.392 e. The molecule has 3 heteroatoms. The standard InChI is InChI=1S/C20H15NO2/c22-12-14-6-8-19-17(11-14)18(20(23)21-19)10-13-5-7-15-3-1-2-4-16(15)9-13/h1-11,22H,12H2,(H,21,23). The van der Waals surface area contributed by atoms with Gasteiger partial charge in [0.2, 0.25) is 0 Å². The van der Waals surface area contributed by atoms with Crippen molar-refractivity contribution in [1.82, 2.24) is 0 Å². The van der Waals surface area contributed by atoms with Gasteiger partial charge < -0.3 is 10.4 Å². The van der Waals surface area contributed by atoms with Crippen LogP contribution in [0.5, 0.6) is 0 Å². The first-order chi connectivity index (χ1) is 11.2. The number of nitrogens with one attached hydrogen (secondary N) is 1. The molecule has 0 saturated carbocycles. The molecule has 0 fully saturated rings. The molecule has 2 N–H and O–H groups in total. The highest BCUT2D eigenvalue weighted by Crippen LogP contribution is 2.34. The minimum atomic E-state index is -0.108. The molecule has 1 heterocycles. The van der Waals surface area contributed by atoms with Gasteiger partial charge in [0.1, 0.15) is 0 Å². The van der Waals surface area contributed by atoms with Crippen molar-refractivity contribution >= 4 is 34.0 Å². The van der Waals surface area contributed by atoms with Crippen LogP contribution in [0, 0.1) is 0 Å². The Morgan fingerprint density at radius 1 is 0.957 bits per heavy atom. The summed E-state index contributed by atoms with van der Waals surface area (Å²) < 4.78 is 0. The average molecular weight is 301 g/mol. The van der Waals surface area contributed by atoms with Gasteiger partial charge in [-0.3, -0.25) is 4.79 Å². The molecule has 0 bridgehead atoms. The molecule has 0 aromatic heterocycles. The fourth-order valence-electron chi connectivity index (χ4n) is 2.94. The second-order valence-corrected chi connectivity index (χ2v) is 5.66. The van der Waals surface area contributed by atoms with Crippen molar-refractivity contribution < 1.29 is 9.90 Å². The minimum absolute atomic E-state index is 0.0370. The van der Waals surface area contributed by atoms with Crippen molar-refractivity contribution in [3.8, 4) is 0 Å². The molecule has 0 aliphatic carbocycles. The summed E-state index contributed by atoms with van der Waals surface area (Å²) in [5, 5.41) is 14.5. The van der Waals surface area contributed by atoms with E-state index in [-0.39, 0.29) is 12.5 Å². The Labute approximate surface area is 133 Å². The van der Waals surface area contributed by atoms with Crippen LogP contribution in [0.3, 0.4) is 0 Å². The van der Waals surface area contributed by atoms with Gasteiger partial charge in [-0.15, -0.1) is 0 Å². The van der Waals surface area contributed by atoms with Crippen LogP contribution >= 0.6 is 0 Å². The van der Waals surface area contributed by atoms with Gasteiger partial charge in [-0.05, 0) is 46.2 Å². The third-order valence-corrected chi connectivity index (χ3v) is 4.13. The lowest BCUT2D eigenvalue weighted by Gasteiger charge is -2.03. The van der Waals surface area contributed by atoms with Crippen molar-refractivity contribution in [2.45, 2.75) is 6.61 Å². The van der Waals surface area contributed by atoms with Crippen LogP contribution in [0.25, 0.3) is 22.4 Å². The Bertz CT molecular complexity index is 957. The molecule has 0 saturated heterocycles. The number of amides is 1. The Morgan fingerprint density at radius 3 is 2.61 bits per heavy atom. The molecule has 23 heavy (non-hydrogen) atoms. The van der Waals surface area contributed by atoms with Crippen LogP contribution in [0.15, 0.2) is 60.7 Å². The number of benzene rings is 3. The summed E-state index contributed by atoms with van der Waals surface area (Å²) >= 11 is 0. The largest absolute Gasteiger partial charge is 0.392 e. The number of hydrogen-bond donors (Lipinski definition) is 2. The number of rotatable bonds is 2. The van der Waals surface area contributed by atoms with Crippen LogP contribution in [-0.2, 0) is 11.4 Å². The van der Waals surface area contributed by atoms with Crippen LogP contribution < -0.4 is 5.32 Å². The Kier molecular flexibility index (Phi) is 3.21. The van der Waals surface area contributed by atoms with E-state index in [0.717, 1.165) is 27.8 Å². The summed E-state index contributed by atoms with van der Waals surface area (Å²) in [5.74, 6) is -0.108.